The summed E-state index contributed by atoms with van der Waals surface area (Å²) >= 11 is 0. The molecule has 0 N–H and O–H groups in total. The van der Waals surface area contributed by atoms with Crippen LogP contribution in [0, 0.1) is 0 Å². The van der Waals surface area contributed by atoms with E-state index >= 15 is 0 Å². The molecular weight excluding hydrogens is 364 g/mol. The molecule has 0 saturated carbocycles. The van der Waals surface area contributed by atoms with Gasteiger partial charge in [0, 0.05) is 12.0 Å². The number of hydrogen-bond acceptors (Lipinski definition) is 5. The molecule has 2 heterocycles. The molecule has 0 unspecified atom stereocenters. The van der Waals surface area contributed by atoms with Gasteiger partial charge in [-0.15, -0.1) is 0 Å². The van der Waals surface area contributed by atoms with E-state index in [0.29, 0.717) is 0 Å². The lowest BCUT2D eigenvalue weighted by Gasteiger charge is -2.38. The first kappa shape index (κ1) is 17.6. The van der Waals surface area contributed by atoms with Gasteiger partial charge in [0.05, 0.1) is 31.5 Å². The molecule has 0 fully saturated rings. The van der Waals surface area contributed by atoms with Crippen LogP contribution in [0.2, 0.25) is 0 Å². The molecule has 0 amide bonds. The van der Waals surface area contributed by atoms with E-state index in [1.54, 1.807) is 14.2 Å². The smallest absolute Gasteiger partial charge is 0.217 e. The fourth-order valence-corrected chi connectivity index (χ4v) is 4.07. The van der Waals surface area contributed by atoms with Crippen molar-refractivity contribution in [3.8, 4) is 17.2 Å². The van der Waals surface area contributed by atoms with Gasteiger partial charge < -0.3 is 14.2 Å². The van der Waals surface area contributed by atoms with Crippen LogP contribution in [0.15, 0.2) is 77.9 Å². The van der Waals surface area contributed by atoms with E-state index in [4.69, 9.17) is 19.3 Å². The summed E-state index contributed by atoms with van der Waals surface area (Å²) < 4.78 is 17.3. The predicted octanol–water partition coefficient (Wildman–Crippen LogP) is 4.95. The summed E-state index contributed by atoms with van der Waals surface area (Å²) in [4.78, 5) is 0. The Morgan fingerprint density at radius 3 is 2.34 bits per heavy atom. The van der Waals surface area contributed by atoms with Crippen molar-refractivity contribution >= 4 is 5.71 Å². The van der Waals surface area contributed by atoms with E-state index in [9.17, 15) is 0 Å². The molecule has 2 aliphatic rings. The Balaban J connectivity index is 1.58. The van der Waals surface area contributed by atoms with Crippen LogP contribution < -0.4 is 14.2 Å². The monoisotopic (exact) mass is 386 g/mol. The van der Waals surface area contributed by atoms with Gasteiger partial charge in [-0.2, -0.15) is 5.10 Å². The molecule has 3 aromatic carbocycles. The van der Waals surface area contributed by atoms with E-state index in [2.05, 4.69) is 29.3 Å². The first-order valence-electron chi connectivity index (χ1n) is 9.67. The highest BCUT2D eigenvalue weighted by molar-refractivity contribution is 6.02. The highest BCUT2D eigenvalue weighted by Crippen LogP contribution is 2.48. The molecule has 0 saturated heterocycles. The van der Waals surface area contributed by atoms with Gasteiger partial charge in [0.1, 0.15) is 17.2 Å². The van der Waals surface area contributed by atoms with Crippen molar-refractivity contribution in [2.24, 2.45) is 5.10 Å². The molecule has 0 aliphatic carbocycles. The molecular formula is C24H22N2O3. The van der Waals surface area contributed by atoms with Gasteiger partial charge in [0.15, 0.2) is 0 Å². The molecule has 29 heavy (non-hydrogen) atoms. The number of hydrogen-bond donors (Lipinski definition) is 0. The van der Waals surface area contributed by atoms with Gasteiger partial charge in [-0.3, -0.25) is 0 Å². The normalized spacial score (nSPS) is 19.7. The second-order valence-corrected chi connectivity index (χ2v) is 7.13. The van der Waals surface area contributed by atoms with E-state index in [0.717, 1.165) is 46.1 Å². The molecule has 3 aromatic rings. The van der Waals surface area contributed by atoms with Crippen molar-refractivity contribution in [1.29, 1.82) is 0 Å². The first-order chi connectivity index (χ1) is 14.3. The van der Waals surface area contributed by atoms with Gasteiger partial charge in [-0.25, -0.2) is 5.01 Å². The maximum absolute atomic E-state index is 6.41. The van der Waals surface area contributed by atoms with Crippen molar-refractivity contribution < 1.29 is 14.2 Å². The zero-order valence-corrected chi connectivity index (χ0v) is 16.4. The molecule has 5 rings (SSSR count). The van der Waals surface area contributed by atoms with Crippen molar-refractivity contribution in [1.82, 2.24) is 5.01 Å². The summed E-state index contributed by atoms with van der Waals surface area (Å²) in [7, 11) is 3.36. The van der Waals surface area contributed by atoms with Crippen molar-refractivity contribution in [3.05, 3.63) is 89.5 Å². The lowest BCUT2D eigenvalue weighted by atomic mass is 9.96. The largest absolute Gasteiger partial charge is 0.497 e. The summed E-state index contributed by atoms with van der Waals surface area (Å²) in [6, 6.07) is 24.3. The van der Waals surface area contributed by atoms with Gasteiger partial charge in [-0.1, -0.05) is 30.3 Å². The van der Waals surface area contributed by atoms with Crippen LogP contribution in [0.5, 0.6) is 17.2 Å². The maximum Gasteiger partial charge on any atom is 0.217 e. The molecule has 146 valence electrons. The van der Waals surface area contributed by atoms with E-state index in [-0.39, 0.29) is 12.3 Å². The first-order valence-corrected chi connectivity index (χ1v) is 9.67. The third kappa shape index (κ3) is 2.99. The average Bonchev–Trinajstić information content (AvgIpc) is 3.24. The molecule has 2 atom stereocenters. The summed E-state index contributed by atoms with van der Waals surface area (Å²) in [6.07, 6.45) is 0.472. The van der Waals surface area contributed by atoms with Crippen molar-refractivity contribution in [3.63, 3.8) is 0 Å². The standard InChI is InChI=1S/C24H22N2O3/c1-27-17-13-11-16(12-14-17)20-15-21-18-7-3-6-10-23(18)29-24(26(21)25-20)19-8-4-5-9-22(19)28-2/h3-14,21,24H,15H2,1-2H3/t21-,24-/m1/s1. The van der Waals surface area contributed by atoms with Crippen LogP contribution in [0.4, 0.5) is 0 Å². The highest BCUT2D eigenvalue weighted by atomic mass is 16.5. The van der Waals surface area contributed by atoms with Crippen LogP contribution in [0.25, 0.3) is 0 Å². The summed E-state index contributed by atoms with van der Waals surface area (Å²) in [5.41, 5.74) is 4.26. The Morgan fingerprint density at radius 1 is 0.862 bits per heavy atom. The number of para-hydroxylation sites is 2. The van der Waals surface area contributed by atoms with Crippen LogP contribution in [0.3, 0.4) is 0 Å². The zero-order valence-electron chi connectivity index (χ0n) is 16.4. The van der Waals surface area contributed by atoms with Crippen LogP contribution in [-0.4, -0.2) is 24.9 Å². The Hall–Kier alpha value is -3.47. The summed E-state index contributed by atoms with van der Waals surface area (Å²) in [5.74, 6) is 2.53. The van der Waals surface area contributed by atoms with Crippen molar-refractivity contribution in [2.75, 3.05) is 14.2 Å². The topological polar surface area (TPSA) is 43.3 Å². The lowest BCUT2D eigenvalue weighted by molar-refractivity contribution is -0.0203. The second kappa shape index (κ2) is 7.17. The molecule has 5 nitrogen and oxygen atoms in total. The highest BCUT2D eigenvalue weighted by Gasteiger charge is 2.41. The lowest BCUT2D eigenvalue weighted by Crippen LogP contribution is -2.33. The van der Waals surface area contributed by atoms with E-state index in [1.165, 1.54) is 0 Å². The third-order valence-corrected chi connectivity index (χ3v) is 5.53. The average molecular weight is 386 g/mol. The molecule has 0 aromatic heterocycles. The minimum atomic E-state index is -0.346. The Labute approximate surface area is 170 Å². The second-order valence-electron chi connectivity index (χ2n) is 7.13. The summed E-state index contributed by atoms with van der Waals surface area (Å²) in [6.45, 7) is 0. The maximum atomic E-state index is 6.41. The van der Waals surface area contributed by atoms with Crippen LogP contribution in [-0.2, 0) is 0 Å². The van der Waals surface area contributed by atoms with E-state index in [1.807, 2.05) is 48.5 Å². The van der Waals surface area contributed by atoms with Gasteiger partial charge in [-0.05, 0) is 48.0 Å². The number of methoxy groups -OCH3 is 2. The van der Waals surface area contributed by atoms with Gasteiger partial charge >= 0.3 is 0 Å². The van der Waals surface area contributed by atoms with Gasteiger partial charge in [0.2, 0.25) is 6.23 Å². The van der Waals surface area contributed by atoms with Crippen LogP contribution in [0.1, 0.15) is 35.4 Å². The van der Waals surface area contributed by atoms with Gasteiger partial charge in [0.25, 0.3) is 0 Å². The number of hydrazone groups is 1. The number of rotatable bonds is 4. The zero-order chi connectivity index (χ0) is 19.8. The third-order valence-electron chi connectivity index (χ3n) is 5.53. The number of ether oxygens (including phenoxy) is 3. The number of fused-ring (bicyclic) bond motifs is 3. The van der Waals surface area contributed by atoms with Crippen molar-refractivity contribution in [2.45, 2.75) is 18.7 Å². The quantitative estimate of drug-likeness (QED) is 0.637. The molecule has 2 aliphatic heterocycles. The minimum Gasteiger partial charge on any atom is -0.497 e. The Morgan fingerprint density at radius 2 is 1.59 bits per heavy atom. The fourth-order valence-electron chi connectivity index (χ4n) is 4.07. The fraction of sp³-hybridized carbons (Fsp3) is 0.208. The summed E-state index contributed by atoms with van der Waals surface area (Å²) in [5, 5.41) is 7.07. The van der Waals surface area contributed by atoms with E-state index < -0.39 is 0 Å². The molecule has 0 bridgehead atoms. The minimum absolute atomic E-state index is 0.118. The Kier molecular flexibility index (Phi) is 4.35. The van der Waals surface area contributed by atoms with Crippen LogP contribution >= 0.6 is 0 Å². The number of benzene rings is 3. The molecule has 0 radical (unpaired) electrons. The molecule has 0 spiro atoms. The Bertz CT molecular complexity index is 1060. The predicted molar refractivity (Wildman–Crippen MR) is 112 cm³/mol. The number of nitrogens with zero attached hydrogens (tertiary/aromatic N) is 2. The molecule has 5 heteroatoms. The SMILES string of the molecule is COc1ccc(C2=NN3[C@H](C2)c2ccccc2O[C@@H]3c2ccccc2OC)cc1.